The number of urea groups is 1. The van der Waals surface area contributed by atoms with E-state index in [1.165, 1.54) is 44.6 Å². The lowest BCUT2D eigenvalue weighted by Gasteiger charge is -2.24. The molecule has 0 spiro atoms. The molecule has 48 heavy (non-hydrogen) atoms. The molecule has 0 aliphatic carbocycles. The van der Waals surface area contributed by atoms with E-state index in [0.29, 0.717) is 21.7 Å². The Morgan fingerprint density at radius 3 is 1.90 bits per heavy atom. The van der Waals surface area contributed by atoms with Crippen molar-refractivity contribution < 1.29 is 27.8 Å². The van der Waals surface area contributed by atoms with Crippen LogP contribution in [0.5, 0.6) is 11.8 Å². The maximum Gasteiger partial charge on any atom is 0.328 e. The number of nitrogens with one attached hydrogen (secondary N) is 2. The minimum absolute atomic E-state index is 0.0307. The van der Waals surface area contributed by atoms with Gasteiger partial charge < -0.3 is 25.4 Å². The predicted octanol–water partition coefficient (Wildman–Crippen LogP) is 5.43. The molecule has 2 aromatic carbocycles. The fourth-order valence-electron chi connectivity index (χ4n) is 4.64. The summed E-state index contributed by atoms with van der Waals surface area (Å²) >= 11 is 1.10. The molecular weight excluding hydrogens is 644 g/mol. The maximum atomic E-state index is 15.1. The van der Waals surface area contributed by atoms with Crippen molar-refractivity contribution in [3.05, 3.63) is 95.1 Å². The number of ether oxygens (including phenoxy) is 2. The molecule has 3 heterocycles. The third kappa shape index (κ3) is 7.62. The first kappa shape index (κ1) is 33.6. The van der Waals surface area contributed by atoms with Gasteiger partial charge in [0.15, 0.2) is 11.6 Å². The molecule has 16 heteroatoms. The van der Waals surface area contributed by atoms with Crippen molar-refractivity contribution in [2.45, 2.75) is 13.1 Å². The highest BCUT2D eigenvalue weighted by Gasteiger charge is 2.32. The van der Waals surface area contributed by atoms with Crippen molar-refractivity contribution in [2.24, 2.45) is 0 Å². The maximum absolute atomic E-state index is 15.1. The number of thiophene rings is 1. The Bertz CT molecular complexity index is 1880. The molecule has 3 amide bonds. The van der Waals surface area contributed by atoms with Crippen molar-refractivity contribution >= 4 is 45.6 Å². The Labute approximate surface area is 278 Å². The molecular formula is C32H31F2N9O4S. The van der Waals surface area contributed by atoms with Crippen LogP contribution < -0.4 is 30.7 Å². The number of nitrogens with two attached hydrogens (primary N) is 1. The summed E-state index contributed by atoms with van der Waals surface area (Å²) in [6, 6.07) is 15.5. The first-order valence-electron chi connectivity index (χ1n) is 14.3. The SMILES string of the molecule is COc1ccc(NC(=O)c2c(N(Cc3c(F)cccc3F)C(=O)Nc3ccc(OC)nn3)sc(-c3ccc(N)cc3)c2CN(C)C)nn1. The summed E-state index contributed by atoms with van der Waals surface area (Å²) in [6.07, 6.45) is 0. The number of hydrogen-bond acceptors (Lipinski definition) is 11. The van der Waals surface area contributed by atoms with Gasteiger partial charge >= 0.3 is 6.03 Å². The van der Waals surface area contributed by atoms with Crippen LogP contribution in [-0.2, 0) is 13.1 Å². The number of anilines is 4. The number of hydrogen-bond donors (Lipinski definition) is 3. The van der Waals surface area contributed by atoms with Crippen LogP contribution in [0.15, 0.2) is 66.7 Å². The van der Waals surface area contributed by atoms with Crippen molar-refractivity contribution in [1.82, 2.24) is 25.3 Å². The van der Waals surface area contributed by atoms with Crippen LogP contribution in [0.4, 0.5) is 35.9 Å². The topological polar surface area (TPSA) is 161 Å². The van der Waals surface area contributed by atoms with E-state index in [1.807, 2.05) is 19.0 Å². The number of rotatable bonds is 11. The van der Waals surface area contributed by atoms with Crippen LogP contribution in [0.2, 0.25) is 0 Å². The zero-order chi connectivity index (χ0) is 34.4. The Balaban J connectivity index is 1.70. The van der Waals surface area contributed by atoms with E-state index >= 15 is 8.78 Å². The van der Waals surface area contributed by atoms with E-state index in [2.05, 4.69) is 31.0 Å². The number of nitrogen functional groups attached to an aromatic ring is 1. The number of methoxy groups -OCH3 is 2. The fraction of sp³-hybridized carbons (Fsp3) is 0.188. The molecule has 0 bridgehead atoms. The van der Waals surface area contributed by atoms with Crippen LogP contribution in [0, 0.1) is 11.6 Å². The predicted molar refractivity (Wildman–Crippen MR) is 178 cm³/mol. The van der Waals surface area contributed by atoms with E-state index < -0.39 is 35.7 Å². The second-order valence-corrected chi connectivity index (χ2v) is 11.5. The third-order valence-corrected chi connectivity index (χ3v) is 8.21. The van der Waals surface area contributed by atoms with E-state index in [-0.39, 0.29) is 40.5 Å². The first-order valence-corrected chi connectivity index (χ1v) is 15.1. The first-order chi connectivity index (χ1) is 23.1. The van der Waals surface area contributed by atoms with Crippen molar-refractivity contribution in [3.8, 4) is 22.2 Å². The summed E-state index contributed by atoms with van der Waals surface area (Å²) in [5.74, 6) is -1.82. The van der Waals surface area contributed by atoms with Gasteiger partial charge in [0.1, 0.15) is 16.6 Å². The number of carbonyl (C=O) groups is 2. The summed E-state index contributed by atoms with van der Waals surface area (Å²) in [6.45, 7) is -0.333. The van der Waals surface area contributed by atoms with Crippen LogP contribution >= 0.6 is 11.3 Å². The zero-order valence-corrected chi connectivity index (χ0v) is 27.1. The van der Waals surface area contributed by atoms with Gasteiger partial charge in [-0.1, -0.05) is 18.2 Å². The standard InChI is InChI=1S/C32H31F2N9O4S/c1-42(2)16-21-28(30(44)36-24-12-14-26(46-3)40-38-24)31(48-29(21)18-8-10-19(35)11-9-18)43(17-20-22(33)6-5-7-23(20)34)32(45)37-25-13-15-27(47-4)41-39-25/h5-15H,16-17,35H2,1-4H3,(H,36,38,44)(H,37,39,45). The summed E-state index contributed by atoms with van der Waals surface area (Å²) in [5, 5.41) is 21.2. The van der Waals surface area contributed by atoms with Crippen LogP contribution in [0.25, 0.3) is 10.4 Å². The largest absolute Gasteiger partial charge is 0.480 e. The number of amides is 3. The van der Waals surface area contributed by atoms with Gasteiger partial charge in [-0.25, -0.2) is 13.6 Å². The average Bonchev–Trinajstić information content (AvgIpc) is 3.43. The molecule has 0 unspecified atom stereocenters. The van der Waals surface area contributed by atoms with Crippen LogP contribution in [0.3, 0.4) is 0 Å². The van der Waals surface area contributed by atoms with Gasteiger partial charge in [0, 0.05) is 34.8 Å². The molecule has 5 aromatic rings. The van der Waals surface area contributed by atoms with Crippen LogP contribution in [-0.4, -0.2) is 65.5 Å². The van der Waals surface area contributed by atoms with E-state index in [0.717, 1.165) is 28.4 Å². The van der Waals surface area contributed by atoms with Gasteiger partial charge in [-0.3, -0.25) is 15.0 Å². The smallest absolute Gasteiger partial charge is 0.328 e. The molecule has 0 fully saturated rings. The van der Waals surface area contributed by atoms with E-state index in [4.69, 9.17) is 15.2 Å². The van der Waals surface area contributed by atoms with Gasteiger partial charge in [0.25, 0.3) is 5.91 Å². The minimum Gasteiger partial charge on any atom is -0.480 e. The van der Waals surface area contributed by atoms with E-state index in [9.17, 15) is 9.59 Å². The Morgan fingerprint density at radius 1 is 0.792 bits per heavy atom. The van der Waals surface area contributed by atoms with E-state index in [1.54, 1.807) is 24.3 Å². The normalized spacial score (nSPS) is 10.9. The molecule has 0 radical (unpaired) electrons. The monoisotopic (exact) mass is 675 g/mol. The fourth-order valence-corrected chi connectivity index (χ4v) is 5.95. The Morgan fingerprint density at radius 2 is 1.38 bits per heavy atom. The summed E-state index contributed by atoms with van der Waals surface area (Å²) in [5.41, 5.74) is 7.42. The molecule has 13 nitrogen and oxygen atoms in total. The molecule has 5 rings (SSSR count). The van der Waals surface area contributed by atoms with Gasteiger partial charge in [-0.2, -0.15) is 0 Å². The molecule has 4 N–H and O–H groups in total. The highest BCUT2D eigenvalue weighted by atomic mass is 32.1. The lowest BCUT2D eigenvalue weighted by molar-refractivity contribution is 0.102. The summed E-state index contributed by atoms with van der Waals surface area (Å²) < 4.78 is 40.3. The average molecular weight is 676 g/mol. The zero-order valence-electron chi connectivity index (χ0n) is 26.3. The lowest BCUT2D eigenvalue weighted by atomic mass is 10.0. The Kier molecular flexibility index (Phi) is 10.4. The molecule has 3 aromatic heterocycles. The molecule has 0 saturated heterocycles. The molecule has 0 atom stereocenters. The second kappa shape index (κ2) is 14.8. The quantitative estimate of drug-likeness (QED) is 0.154. The number of aromatic nitrogens is 4. The lowest BCUT2D eigenvalue weighted by Crippen LogP contribution is -2.36. The van der Waals surface area contributed by atoms with Gasteiger partial charge in [-0.05, 0) is 61.6 Å². The summed E-state index contributed by atoms with van der Waals surface area (Å²) in [7, 11) is 6.49. The third-order valence-electron chi connectivity index (χ3n) is 6.91. The molecule has 0 saturated carbocycles. The Hall–Kier alpha value is -5.74. The van der Waals surface area contributed by atoms with Crippen molar-refractivity contribution in [3.63, 3.8) is 0 Å². The second-order valence-electron chi connectivity index (χ2n) is 10.5. The van der Waals surface area contributed by atoms with Gasteiger partial charge in [0.2, 0.25) is 11.8 Å². The van der Waals surface area contributed by atoms with Crippen LogP contribution in [0.1, 0.15) is 21.5 Å². The van der Waals surface area contributed by atoms with Gasteiger partial charge in [-0.15, -0.1) is 31.7 Å². The number of benzene rings is 2. The van der Waals surface area contributed by atoms with Gasteiger partial charge in [0.05, 0.1) is 26.3 Å². The number of halogens is 2. The highest BCUT2D eigenvalue weighted by Crippen LogP contribution is 2.44. The molecule has 0 aliphatic rings. The van der Waals surface area contributed by atoms with Crippen molar-refractivity contribution in [2.75, 3.05) is 49.6 Å². The minimum atomic E-state index is -0.875. The molecule has 248 valence electrons. The van der Waals surface area contributed by atoms with Crippen molar-refractivity contribution in [1.29, 1.82) is 0 Å². The molecule has 0 aliphatic heterocycles. The summed E-state index contributed by atoms with van der Waals surface area (Å²) in [4.78, 5) is 31.9. The number of carbonyl (C=O) groups excluding carboxylic acids is 2. The number of nitrogens with zero attached hydrogens (tertiary/aromatic N) is 6. The highest BCUT2D eigenvalue weighted by molar-refractivity contribution is 7.20.